The number of halogens is 1. The zero-order valence-corrected chi connectivity index (χ0v) is 16.6. The molecule has 6 heteroatoms. The van der Waals surface area contributed by atoms with Crippen molar-refractivity contribution in [1.29, 1.82) is 0 Å². The van der Waals surface area contributed by atoms with E-state index in [0.717, 1.165) is 26.0 Å². The summed E-state index contributed by atoms with van der Waals surface area (Å²) in [6.07, 6.45) is 0. The molecule has 0 saturated heterocycles. The predicted molar refractivity (Wildman–Crippen MR) is 109 cm³/mol. The van der Waals surface area contributed by atoms with Crippen LogP contribution >= 0.6 is 27.3 Å². The lowest BCUT2D eigenvalue weighted by atomic mass is 10.1. The van der Waals surface area contributed by atoms with Gasteiger partial charge in [0.25, 0.3) is 5.91 Å². The van der Waals surface area contributed by atoms with Crippen molar-refractivity contribution in [2.24, 2.45) is 0 Å². The lowest BCUT2D eigenvalue weighted by Crippen LogP contribution is -2.10. The van der Waals surface area contributed by atoms with Crippen LogP contribution in [0.2, 0.25) is 0 Å². The smallest absolute Gasteiger partial charge is 0.293 e. The van der Waals surface area contributed by atoms with Crippen molar-refractivity contribution in [3.05, 3.63) is 69.2 Å². The normalized spacial score (nSPS) is 11.0. The number of nitrogens with zero attached hydrogens (tertiary/aromatic N) is 1. The molecule has 2 aromatic carbocycles. The fourth-order valence-electron chi connectivity index (χ4n) is 2.71. The Morgan fingerprint density at radius 1 is 1.12 bits per heavy atom. The molecule has 0 aliphatic heterocycles. The first-order valence-electron chi connectivity index (χ1n) is 8.04. The van der Waals surface area contributed by atoms with Crippen LogP contribution in [-0.2, 0) is 0 Å². The van der Waals surface area contributed by atoms with E-state index in [4.69, 9.17) is 4.42 Å². The van der Waals surface area contributed by atoms with Crippen molar-refractivity contribution in [3.8, 4) is 11.3 Å². The molecule has 4 rings (SSSR count). The molecule has 0 unspecified atom stereocenters. The molecule has 0 spiro atoms. The van der Waals surface area contributed by atoms with Crippen molar-refractivity contribution in [1.82, 2.24) is 4.98 Å². The van der Waals surface area contributed by atoms with Crippen LogP contribution in [0, 0.1) is 13.8 Å². The molecule has 0 aliphatic carbocycles. The Bertz CT molecular complexity index is 1110. The highest BCUT2D eigenvalue weighted by atomic mass is 79.9. The Morgan fingerprint density at radius 2 is 1.88 bits per heavy atom. The van der Waals surface area contributed by atoms with Crippen LogP contribution in [0.3, 0.4) is 0 Å². The molecular formula is C20H15BrN2O2S. The molecule has 0 aliphatic rings. The molecule has 26 heavy (non-hydrogen) atoms. The van der Waals surface area contributed by atoms with Gasteiger partial charge in [0.05, 0.1) is 5.69 Å². The summed E-state index contributed by atoms with van der Waals surface area (Å²) in [6.45, 7) is 4.05. The van der Waals surface area contributed by atoms with Gasteiger partial charge in [0.2, 0.25) is 0 Å². The maximum atomic E-state index is 12.5. The number of anilines is 1. The van der Waals surface area contributed by atoms with Gasteiger partial charge in [-0.1, -0.05) is 45.8 Å². The van der Waals surface area contributed by atoms with Gasteiger partial charge in [-0.2, -0.15) is 0 Å². The van der Waals surface area contributed by atoms with Crippen LogP contribution in [0.15, 0.2) is 57.4 Å². The first-order chi connectivity index (χ1) is 12.5. The molecule has 2 heterocycles. The molecule has 130 valence electrons. The van der Waals surface area contributed by atoms with Crippen LogP contribution in [0.1, 0.15) is 21.0 Å². The number of rotatable bonds is 3. The number of amides is 1. The van der Waals surface area contributed by atoms with Crippen molar-refractivity contribution < 1.29 is 9.21 Å². The fraction of sp³-hybridized carbons (Fsp3) is 0.100. The quantitative estimate of drug-likeness (QED) is 0.424. The molecule has 1 amide bonds. The number of aromatic nitrogens is 1. The summed E-state index contributed by atoms with van der Waals surface area (Å²) in [5, 5.41) is 4.27. The molecule has 0 radical (unpaired) electrons. The summed E-state index contributed by atoms with van der Waals surface area (Å²) in [5.74, 6) is -0.0376. The Balaban J connectivity index is 1.59. The minimum atomic E-state index is -0.304. The van der Waals surface area contributed by atoms with Crippen molar-refractivity contribution in [2.75, 3.05) is 5.32 Å². The van der Waals surface area contributed by atoms with Crippen LogP contribution in [0.25, 0.3) is 22.2 Å². The maximum Gasteiger partial charge on any atom is 0.293 e. The maximum absolute atomic E-state index is 12.5. The second-order valence-corrected chi connectivity index (χ2v) is 8.16. The summed E-state index contributed by atoms with van der Waals surface area (Å²) in [4.78, 5) is 18.2. The number of carbonyl (C=O) groups excluding carboxylic acids is 1. The van der Waals surface area contributed by atoms with E-state index in [9.17, 15) is 4.79 Å². The number of benzene rings is 2. The lowest BCUT2D eigenvalue weighted by Gasteiger charge is -1.99. The molecule has 0 fully saturated rings. The van der Waals surface area contributed by atoms with E-state index in [1.54, 1.807) is 6.07 Å². The Kier molecular flexibility index (Phi) is 4.38. The topological polar surface area (TPSA) is 55.1 Å². The number of hydrogen-bond donors (Lipinski definition) is 1. The first kappa shape index (κ1) is 17.0. The van der Waals surface area contributed by atoms with Gasteiger partial charge < -0.3 is 4.42 Å². The summed E-state index contributed by atoms with van der Waals surface area (Å²) >= 11 is 4.87. The van der Waals surface area contributed by atoms with Gasteiger partial charge >= 0.3 is 0 Å². The minimum absolute atomic E-state index is 0.267. The van der Waals surface area contributed by atoms with E-state index in [1.807, 2.05) is 37.3 Å². The second-order valence-electron chi connectivity index (χ2n) is 6.04. The van der Waals surface area contributed by atoms with Gasteiger partial charge in [-0.05, 0) is 38.1 Å². The van der Waals surface area contributed by atoms with Crippen LogP contribution in [0.4, 0.5) is 5.13 Å². The van der Waals surface area contributed by atoms with E-state index in [-0.39, 0.29) is 11.7 Å². The monoisotopic (exact) mass is 426 g/mol. The number of nitrogens with one attached hydrogen (secondary N) is 1. The number of hydrogen-bond acceptors (Lipinski definition) is 4. The summed E-state index contributed by atoms with van der Waals surface area (Å²) < 4.78 is 6.58. The Hall–Kier alpha value is -2.44. The highest BCUT2D eigenvalue weighted by molar-refractivity contribution is 9.10. The van der Waals surface area contributed by atoms with E-state index in [0.29, 0.717) is 10.7 Å². The van der Waals surface area contributed by atoms with E-state index >= 15 is 0 Å². The van der Waals surface area contributed by atoms with E-state index in [2.05, 4.69) is 45.3 Å². The van der Waals surface area contributed by atoms with Crippen molar-refractivity contribution in [2.45, 2.75) is 13.8 Å². The van der Waals surface area contributed by atoms with Gasteiger partial charge in [0.15, 0.2) is 10.9 Å². The number of aryl methyl sites for hydroxylation is 2. The summed E-state index contributed by atoms with van der Waals surface area (Å²) in [6, 6.07) is 15.6. The molecular weight excluding hydrogens is 412 g/mol. The van der Waals surface area contributed by atoms with Crippen LogP contribution < -0.4 is 5.32 Å². The number of thiazole rings is 1. The summed E-state index contributed by atoms with van der Waals surface area (Å²) in [5.41, 5.74) is 3.80. The van der Waals surface area contributed by atoms with Gasteiger partial charge in [-0.3, -0.25) is 10.1 Å². The van der Waals surface area contributed by atoms with Gasteiger partial charge in [-0.25, -0.2) is 4.98 Å². The number of fused-ring (bicyclic) bond motifs is 1. The van der Waals surface area contributed by atoms with Crippen LogP contribution in [0.5, 0.6) is 0 Å². The Labute approximate surface area is 163 Å². The third-order valence-electron chi connectivity index (χ3n) is 4.04. The van der Waals surface area contributed by atoms with Crippen molar-refractivity contribution >= 4 is 49.3 Å². The largest absolute Gasteiger partial charge is 0.451 e. The lowest BCUT2D eigenvalue weighted by molar-refractivity contribution is 0.0998. The average Bonchev–Trinajstić information content (AvgIpc) is 3.18. The molecule has 0 atom stereocenters. The average molecular weight is 427 g/mol. The van der Waals surface area contributed by atoms with Gasteiger partial charge in [0.1, 0.15) is 5.58 Å². The number of furan rings is 1. The van der Waals surface area contributed by atoms with Gasteiger partial charge in [0, 0.05) is 20.3 Å². The third-order valence-corrected chi connectivity index (χ3v) is 5.42. The molecule has 0 bridgehead atoms. The van der Waals surface area contributed by atoms with Crippen LogP contribution in [-0.4, -0.2) is 10.9 Å². The fourth-order valence-corrected chi connectivity index (χ4v) is 3.92. The third kappa shape index (κ3) is 3.30. The van der Waals surface area contributed by atoms with E-state index < -0.39 is 0 Å². The summed E-state index contributed by atoms with van der Waals surface area (Å²) in [7, 11) is 0. The molecule has 4 nitrogen and oxygen atoms in total. The molecule has 1 N–H and O–H groups in total. The minimum Gasteiger partial charge on any atom is -0.451 e. The SMILES string of the molecule is Cc1ccc(-c2nc(NC(=O)c3cc4cc(Br)ccc4o3)sc2C)cc1. The zero-order chi connectivity index (χ0) is 18.3. The standard InChI is InChI=1S/C20H15BrN2O2S/c1-11-3-5-13(6-4-11)18-12(2)26-20(22-18)23-19(24)17-10-14-9-15(21)7-8-16(14)25-17/h3-10H,1-2H3,(H,22,23,24). The molecule has 2 aromatic heterocycles. The zero-order valence-electron chi connectivity index (χ0n) is 14.2. The highest BCUT2D eigenvalue weighted by Crippen LogP contribution is 2.31. The molecule has 0 saturated carbocycles. The van der Waals surface area contributed by atoms with Crippen molar-refractivity contribution in [3.63, 3.8) is 0 Å². The second kappa shape index (κ2) is 6.70. The van der Waals surface area contributed by atoms with Gasteiger partial charge in [-0.15, -0.1) is 11.3 Å². The number of carbonyl (C=O) groups is 1. The molecule has 4 aromatic rings. The first-order valence-corrected chi connectivity index (χ1v) is 9.65. The predicted octanol–water partition coefficient (Wildman–Crippen LogP) is 6.19. The Morgan fingerprint density at radius 3 is 2.65 bits per heavy atom. The highest BCUT2D eigenvalue weighted by Gasteiger charge is 2.16. The van der Waals surface area contributed by atoms with E-state index in [1.165, 1.54) is 16.9 Å².